The number of carbonyl (C=O) groups is 1. The number of alkyl halides is 3. The summed E-state index contributed by atoms with van der Waals surface area (Å²) >= 11 is 0. The van der Waals surface area contributed by atoms with Crippen LogP contribution >= 0.6 is 0 Å². The van der Waals surface area contributed by atoms with Gasteiger partial charge >= 0.3 is 12.1 Å². The van der Waals surface area contributed by atoms with E-state index in [9.17, 15) is 26.4 Å². The van der Waals surface area contributed by atoms with E-state index in [1.165, 1.54) is 34.9 Å². The van der Waals surface area contributed by atoms with Crippen LogP contribution in [0.3, 0.4) is 0 Å². The first-order chi connectivity index (χ1) is 16.5. The van der Waals surface area contributed by atoms with E-state index in [-0.39, 0.29) is 36.1 Å². The molecule has 4 N–H and O–H groups in total. The number of fused-ring (bicyclic) bond motifs is 1. The molecule has 3 aromatic rings. The Hall–Kier alpha value is -3.07. The molecule has 0 amide bonds. The predicted octanol–water partition coefficient (Wildman–Crippen LogP) is 3.20. The second-order valence-corrected chi connectivity index (χ2v) is 9.77. The van der Waals surface area contributed by atoms with Crippen LogP contribution in [0.15, 0.2) is 47.6 Å². The van der Waals surface area contributed by atoms with Crippen molar-refractivity contribution in [2.45, 2.75) is 36.5 Å². The fourth-order valence-corrected chi connectivity index (χ4v) is 4.91. The third-order valence-corrected chi connectivity index (χ3v) is 7.26. The largest absolute Gasteiger partial charge is 0.674 e. The number of nitrogens with zero attached hydrogens (tertiary/aromatic N) is 3. The Morgan fingerprint density at radius 3 is 2.43 bits per heavy atom. The number of aromatic carboxylic acids is 1. The van der Waals surface area contributed by atoms with Gasteiger partial charge in [0.05, 0.1) is 23.2 Å². The van der Waals surface area contributed by atoms with Crippen LogP contribution in [0.5, 0.6) is 0 Å². The Balaban J connectivity index is 0.000000237. The minimum absolute atomic E-state index is 0.0800. The highest BCUT2D eigenvalue weighted by atomic mass is 32.2. The molecule has 0 saturated carbocycles. The van der Waals surface area contributed by atoms with Gasteiger partial charge in [-0.05, 0) is 31.0 Å². The molecule has 14 heteroatoms. The summed E-state index contributed by atoms with van der Waals surface area (Å²) in [5, 5.41) is 18.1. The Morgan fingerprint density at radius 1 is 1.20 bits per heavy atom. The van der Waals surface area contributed by atoms with Gasteiger partial charge in [-0.1, -0.05) is 17.7 Å². The van der Waals surface area contributed by atoms with Crippen molar-refractivity contribution < 1.29 is 31.5 Å². The first kappa shape index (κ1) is 26.5. The van der Waals surface area contributed by atoms with Gasteiger partial charge in [-0.2, -0.15) is 22.6 Å². The maximum Gasteiger partial charge on any atom is 0.401 e. The van der Waals surface area contributed by atoms with E-state index in [1.807, 2.05) is 0 Å². The van der Waals surface area contributed by atoms with Crippen molar-refractivity contribution in [2.75, 3.05) is 19.6 Å². The summed E-state index contributed by atoms with van der Waals surface area (Å²) in [5.74, 6) is -0.981. The number of sulfonamides is 1. The number of carboxylic acid groups (broad SMARTS) is 1. The first-order valence-electron chi connectivity index (χ1n) is 10.6. The zero-order chi connectivity index (χ0) is 25.6. The average molecular weight is 514 g/mol. The predicted molar refractivity (Wildman–Crippen MR) is 121 cm³/mol. The summed E-state index contributed by atoms with van der Waals surface area (Å²) in [4.78, 5) is 14.5. The molecule has 1 aliphatic heterocycles. The van der Waals surface area contributed by atoms with Crippen molar-refractivity contribution in [3.8, 4) is 0 Å². The number of H-pyrrole nitrogens is 1. The van der Waals surface area contributed by atoms with E-state index >= 15 is 0 Å². The Kier molecular flexibility index (Phi) is 8.43. The third-order valence-electron chi connectivity index (χ3n) is 5.35. The zero-order valence-electron chi connectivity index (χ0n) is 18.4. The topological polar surface area (TPSA) is 152 Å². The highest BCUT2D eigenvalue weighted by Gasteiger charge is 2.32. The summed E-state index contributed by atoms with van der Waals surface area (Å²) < 4.78 is 62.8. The number of halogens is 3. The maximum atomic E-state index is 12.5. The molecule has 0 spiro atoms. The van der Waals surface area contributed by atoms with Gasteiger partial charge in [0.2, 0.25) is 10.0 Å². The van der Waals surface area contributed by atoms with E-state index in [1.54, 1.807) is 12.1 Å². The number of pyridine rings is 1. The molecule has 10 nitrogen and oxygen atoms in total. The van der Waals surface area contributed by atoms with Crippen LogP contribution in [-0.4, -0.2) is 70.8 Å². The SMILES string of the molecule is O=C(O)c1cnc2[nH]ncc2c1.[NH-]Cc1ccc(S(=O)(=O)N2CCC(NCC(F)(F)F)CC2)cc1. The lowest BCUT2D eigenvalue weighted by Gasteiger charge is -2.32. The Labute approximate surface area is 199 Å². The molecule has 35 heavy (non-hydrogen) atoms. The van der Waals surface area contributed by atoms with Crippen molar-refractivity contribution >= 4 is 27.0 Å². The van der Waals surface area contributed by atoms with Gasteiger partial charge in [-0.15, -0.1) is 6.54 Å². The fraction of sp³-hybridized carbons (Fsp3) is 0.381. The smallest absolute Gasteiger partial charge is 0.401 e. The lowest BCUT2D eigenvalue weighted by atomic mass is 10.1. The average Bonchev–Trinajstić information content (AvgIpc) is 3.31. The van der Waals surface area contributed by atoms with Crippen molar-refractivity contribution in [3.63, 3.8) is 0 Å². The molecule has 1 fully saturated rings. The highest BCUT2D eigenvalue weighted by Crippen LogP contribution is 2.22. The molecule has 4 rings (SSSR count). The number of nitrogens with one attached hydrogen (secondary N) is 3. The van der Waals surface area contributed by atoms with E-state index in [2.05, 4.69) is 20.5 Å². The van der Waals surface area contributed by atoms with Crippen LogP contribution < -0.4 is 5.32 Å². The zero-order valence-corrected chi connectivity index (χ0v) is 19.2. The van der Waals surface area contributed by atoms with Gasteiger partial charge < -0.3 is 16.2 Å². The summed E-state index contributed by atoms with van der Waals surface area (Å²) in [7, 11) is -3.63. The molecule has 0 atom stereocenters. The number of carboxylic acids is 1. The van der Waals surface area contributed by atoms with E-state index in [4.69, 9.17) is 10.8 Å². The molecule has 0 radical (unpaired) electrons. The van der Waals surface area contributed by atoms with Crippen LogP contribution in [0.4, 0.5) is 13.2 Å². The summed E-state index contributed by atoms with van der Waals surface area (Å²) in [6, 6.07) is 7.32. The minimum Gasteiger partial charge on any atom is -0.674 e. The molecule has 0 bridgehead atoms. The Morgan fingerprint density at radius 2 is 1.86 bits per heavy atom. The van der Waals surface area contributed by atoms with Gasteiger partial charge in [0.15, 0.2) is 5.65 Å². The molecular weight excluding hydrogens is 489 g/mol. The van der Waals surface area contributed by atoms with Gasteiger partial charge in [-0.25, -0.2) is 18.2 Å². The monoisotopic (exact) mass is 513 g/mol. The second-order valence-electron chi connectivity index (χ2n) is 7.83. The summed E-state index contributed by atoms with van der Waals surface area (Å²) in [5.41, 5.74) is 8.71. The van der Waals surface area contributed by atoms with E-state index in [0.717, 1.165) is 5.56 Å². The molecule has 2 aromatic heterocycles. The summed E-state index contributed by atoms with van der Waals surface area (Å²) in [6.07, 6.45) is -0.735. The number of hydrogen-bond donors (Lipinski definition) is 3. The summed E-state index contributed by atoms with van der Waals surface area (Å²) in [6.45, 7) is -0.592. The fourth-order valence-electron chi connectivity index (χ4n) is 3.44. The quantitative estimate of drug-likeness (QED) is 0.458. The molecule has 190 valence electrons. The van der Waals surface area contributed by atoms with Gasteiger partial charge in [0.25, 0.3) is 0 Å². The van der Waals surface area contributed by atoms with Crippen molar-refractivity contribution in [2.24, 2.45) is 0 Å². The number of piperidine rings is 1. The van der Waals surface area contributed by atoms with Gasteiger partial charge in [0.1, 0.15) is 0 Å². The molecule has 1 aliphatic rings. The number of benzene rings is 1. The standard InChI is InChI=1S/C14H19F3N3O2S.C7H5N3O2/c15-14(16,17)10-19-12-5-7-20(8-6-12)23(21,22)13-3-1-11(9-18)2-4-13;11-7(12)5-1-4-3-9-10-6(4)8-2-5/h1-4,12,18-19H,5-10H2;1-3H,(H,11,12)(H,8,9,10)/q-1;. The van der Waals surface area contributed by atoms with Crippen molar-refractivity contribution in [3.05, 3.63) is 59.6 Å². The van der Waals surface area contributed by atoms with Crippen molar-refractivity contribution in [1.29, 1.82) is 0 Å². The minimum atomic E-state index is -4.26. The Bertz CT molecular complexity index is 1240. The first-order valence-corrected chi connectivity index (χ1v) is 12.0. The van der Waals surface area contributed by atoms with Crippen LogP contribution in [0, 0.1) is 0 Å². The normalized spacial score (nSPS) is 15.5. The highest BCUT2D eigenvalue weighted by molar-refractivity contribution is 7.89. The number of hydrogen-bond acceptors (Lipinski definition) is 6. The number of aromatic nitrogens is 3. The molecule has 0 unspecified atom stereocenters. The lowest BCUT2D eigenvalue weighted by Crippen LogP contribution is -2.46. The van der Waals surface area contributed by atoms with Crippen LogP contribution in [0.2, 0.25) is 0 Å². The molecule has 1 saturated heterocycles. The molecule has 3 heterocycles. The second kappa shape index (κ2) is 11.1. The van der Waals surface area contributed by atoms with Gasteiger partial charge in [0, 0.05) is 30.7 Å². The van der Waals surface area contributed by atoms with Crippen LogP contribution in [-0.2, 0) is 16.6 Å². The van der Waals surface area contributed by atoms with Crippen LogP contribution in [0.1, 0.15) is 28.8 Å². The van der Waals surface area contributed by atoms with Gasteiger partial charge in [-0.3, -0.25) is 5.10 Å². The number of rotatable bonds is 6. The molecule has 1 aromatic carbocycles. The van der Waals surface area contributed by atoms with Crippen LogP contribution in [0.25, 0.3) is 16.8 Å². The van der Waals surface area contributed by atoms with Crippen molar-refractivity contribution in [1.82, 2.24) is 24.8 Å². The maximum absolute atomic E-state index is 12.5. The lowest BCUT2D eigenvalue weighted by molar-refractivity contribution is -0.126. The molecule has 0 aliphatic carbocycles. The third kappa shape index (κ3) is 7.21. The number of aromatic amines is 1. The van der Waals surface area contributed by atoms with E-state index in [0.29, 0.717) is 23.9 Å². The molecular formula is C21H24F3N6O4S-. The van der Waals surface area contributed by atoms with E-state index < -0.39 is 28.7 Å².